The molecule has 0 aliphatic heterocycles. The molecule has 0 spiro atoms. The molecular formula is C24H24. The molecule has 0 aromatic rings. The zero-order valence-corrected chi connectivity index (χ0v) is 15.1. The van der Waals surface area contributed by atoms with Crippen molar-refractivity contribution in [2.24, 2.45) is 10.8 Å². The fourth-order valence-corrected chi connectivity index (χ4v) is 6.67. The van der Waals surface area contributed by atoms with Gasteiger partial charge in [-0.1, -0.05) is 38.2 Å². The first-order valence-electron chi connectivity index (χ1n) is 9.49. The molecule has 0 heteroatoms. The molecule has 120 valence electrons. The molecule has 0 saturated heterocycles. The second kappa shape index (κ2) is 3.72. The summed E-state index contributed by atoms with van der Waals surface area (Å²) < 4.78 is 0. The minimum absolute atomic E-state index is 0.111. The average molecular weight is 312 g/mol. The monoisotopic (exact) mass is 312 g/mol. The normalized spacial score (nSPS) is 38.2. The smallest absolute Gasteiger partial charge is 0.0314 e. The van der Waals surface area contributed by atoms with Crippen molar-refractivity contribution < 1.29 is 0 Å². The topological polar surface area (TPSA) is 0 Å². The van der Waals surface area contributed by atoms with E-state index in [1.807, 2.05) is 0 Å². The largest absolute Gasteiger partial charge is 0.0575 e. The van der Waals surface area contributed by atoms with E-state index in [1.54, 1.807) is 55.7 Å². The SMILES string of the molecule is CC1=C2C=CC3=C(C)C4=C(CC4)C4=CC=C(C5=C1CC5)[C@@]2(C)[C@]43C. The summed E-state index contributed by atoms with van der Waals surface area (Å²) in [6, 6.07) is 0. The molecule has 6 rings (SSSR count). The maximum absolute atomic E-state index is 2.54. The van der Waals surface area contributed by atoms with Crippen LogP contribution >= 0.6 is 0 Å². The van der Waals surface area contributed by atoms with Crippen LogP contribution in [0.4, 0.5) is 0 Å². The Hall–Kier alpha value is -1.82. The van der Waals surface area contributed by atoms with Crippen LogP contribution in [0.15, 0.2) is 80.0 Å². The molecule has 24 heavy (non-hydrogen) atoms. The Morgan fingerprint density at radius 2 is 1.00 bits per heavy atom. The predicted octanol–water partition coefficient (Wildman–Crippen LogP) is 6.28. The maximum Gasteiger partial charge on any atom is 0.0314 e. The summed E-state index contributed by atoms with van der Waals surface area (Å²) in [5, 5.41) is 0. The highest BCUT2D eigenvalue weighted by molar-refractivity contribution is 5.76. The zero-order chi connectivity index (χ0) is 16.4. The molecule has 0 fully saturated rings. The Kier molecular flexibility index (Phi) is 2.09. The molecular weight excluding hydrogens is 288 g/mol. The van der Waals surface area contributed by atoms with Crippen molar-refractivity contribution in [1.82, 2.24) is 0 Å². The molecule has 0 unspecified atom stereocenters. The minimum Gasteiger partial charge on any atom is -0.0575 e. The molecule has 6 aliphatic carbocycles. The third-order valence-electron chi connectivity index (χ3n) is 8.33. The predicted molar refractivity (Wildman–Crippen MR) is 99.4 cm³/mol. The lowest BCUT2D eigenvalue weighted by atomic mass is 9.41. The summed E-state index contributed by atoms with van der Waals surface area (Å²) in [6.45, 7) is 9.81. The highest BCUT2D eigenvalue weighted by atomic mass is 14.6. The second-order valence-corrected chi connectivity index (χ2v) is 8.74. The summed E-state index contributed by atoms with van der Waals surface area (Å²) in [4.78, 5) is 0. The van der Waals surface area contributed by atoms with Gasteiger partial charge in [-0.2, -0.15) is 0 Å². The molecule has 6 aliphatic rings. The van der Waals surface area contributed by atoms with E-state index in [0.717, 1.165) is 0 Å². The van der Waals surface area contributed by atoms with E-state index in [2.05, 4.69) is 52.0 Å². The van der Waals surface area contributed by atoms with Crippen molar-refractivity contribution in [2.45, 2.75) is 53.4 Å². The minimum atomic E-state index is 0.111. The van der Waals surface area contributed by atoms with Crippen molar-refractivity contribution in [3.8, 4) is 0 Å². The second-order valence-electron chi connectivity index (χ2n) is 8.74. The van der Waals surface area contributed by atoms with Gasteiger partial charge in [0.15, 0.2) is 0 Å². The first-order valence-corrected chi connectivity index (χ1v) is 9.49. The van der Waals surface area contributed by atoms with Crippen LogP contribution in [0, 0.1) is 10.8 Å². The van der Waals surface area contributed by atoms with Crippen LogP contribution in [-0.2, 0) is 0 Å². The number of allylic oxidation sites excluding steroid dienone is 14. The van der Waals surface area contributed by atoms with Gasteiger partial charge in [0.2, 0.25) is 0 Å². The molecule has 0 aromatic carbocycles. The van der Waals surface area contributed by atoms with Gasteiger partial charge in [-0.15, -0.1) is 0 Å². The molecule has 0 heterocycles. The van der Waals surface area contributed by atoms with Crippen molar-refractivity contribution in [2.75, 3.05) is 0 Å². The highest BCUT2D eigenvalue weighted by Crippen LogP contribution is 2.72. The third-order valence-corrected chi connectivity index (χ3v) is 8.33. The highest BCUT2D eigenvalue weighted by Gasteiger charge is 2.61. The van der Waals surface area contributed by atoms with E-state index in [-0.39, 0.29) is 10.8 Å². The summed E-state index contributed by atoms with van der Waals surface area (Å²) in [6.07, 6.45) is 15.0. The molecule has 2 atom stereocenters. The van der Waals surface area contributed by atoms with Crippen molar-refractivity contribution >= 4 is 0 Å². The van der Waals surface area contributed by atoms with Crippen molar-refractivity contribution in [3.63, 3.8) is 0 Å². The van der Waals surface area contributed by atoms with Crippen molar-refractivity contribution in [1.29, 1.82) is 0 Å². The lowest BCUT2D eigenvalue weighted by Gasteiger charge is -2.61. The van der Waals surface area contributed by atoms with Crippen LogP contribution in [0.25, 0.3) is 0 Å². The van der Waals surface area contributed by atoms with Crippen LogP contribution in [-0.4, -0.2) is 0 Å². The van der Waals surface area contributed by atoms with E-state index in [1.165, 1.54) is 25.7 Å². The van der Waals surface area contributed by atoms with E-state index >= 15 is 0 Å². The van der Waals surface area contributed by atoms with Crippen LogP contribution in [0.5, 0.6) is 0 Å². The molecule has 0 radical (unpaired) electrons. The van der Waals surface area contributed by atoms with Gasteiger partial charge in [-0.25, -0.2) is 0 Å². The number of rotatable bonds is 0. The van der Waals surface area contributed by atoms with Crippen molar-refractivity contribution in [3.05, 3.63) is 80.0 Å². The molecule has 0 bridgehead atoms. The fraction of sp³-hybridized carbons (Fsp3) is 0.417. The van der Waals surface area contributed by atoms with Gasteiger partial charge in [0.25, 0.3) is 0 Å². The number of hydrogen-bond donors (Lipinski definition) is 0. The van der Waals surface area contributed by atoms with Gasteiger partial charge >= 0.3 is 0 Å². The maximum atomic E-state index is 2.54. The van der Waals surface area contributed by atoms with Crippen LogP contribution in [0.2, 0.25) is 0 Å². The molecule has 0 amide bonds. The van der Waals surface area contributed by atoms with Crippen LogP contribution in [0.3, 0.4) is 0 Å². The average Bonchev–Trinajstić information content (AvgIpc) is 2.46. The molecule has 0 nitrogen and oxygen atoms in total. The fourth-order valence-electron chi connectivity index (χ4n) is 6.67. The summed E-state index contributed by atoms with van der Waals surface area (Å²) in [5.74, 6) is 0. The zero-order valence-electron chi connectivity index (χ0n) is 15.1. The summed E-state index contributed by atoms with van der Waals surface area (Å²) >= 11 is 0. The van der Waals surface area contributed by atoms with E-state index in [9.17, 15) is 0 Å². The Balaban J connectivity index is 1.80. The van der Waals surface area contributed by atoms with Gasteiger partial charge in [0.05, 0.1) is 0 Å². The standard InChI is InChI=1S/C24H24/c1-13-15-5-7-17(15)21-11-12-22-18-8-6-16(18)14(2)20-10-9-19(13)23(21,3)24(20,22)4/h9-12H,5-8H2,1-4H3/t23-,24-/m0/s1. The van der Waals surface area contributed by atoms with Gasteiger partial charge in [0.1, 0.15) is 0 Å². The lowest BCUT2D eigenvalue weighted by Crippen LogP contribution is -2.51. The Morgan fingerprint density at radius 1 is 0.625 bits per heavy atom. The van der Waals surface area contributed by atoms with E-state index in [0.29, 0.717) is 0 Å². The van der Waals surface area contributed by atoms with Gasteiger partial charge < -0.3 is 0 Å². The Morgan fingerprint density at radius 3 is 1.33 bits per heavy atom. The lowest BCUT2D eigenvalue weighted by molar-refractivity contribution is 0.232. The molecule has 0 saturated carbocycles. The Bertz CT molecular complexity index is 899. The van der Waals surface area contributed by atoms with Gasteiger partial charge in [-0.05, 0) is 95.3 Å². The molecule has 0 aromatic heterocycles. The quantitative estimate of drug-likeness (QED) is 0.494. The van der Waals surface area contributed by atoms with Crippen LogP contribution in [0.1, 0.15) is 53.4 Å². The van der Waals surface area contributed by atoms with Gasteiger partial charge in [0, 0.05) is 10.8 Å². The Labute approximate surface area is 144 Å². The van der Waals surface area contributed by atoms with E-state index in [4.69, 9.17) is 0 Å². The van der Waals surface area contributed by atoms with E-state index < -0.39 is 0 Å². The number of fused-ring (bicyclic) bond motifs is 2. The number of hydrogen-bond acceptors (Lipinski definition) is 0. The summed E-state index contributed by atoms with van der Waals surface area (Å²) in [7, 11) is 0. The first kappa shape index (κ1) is 13.5. The first-order chi connectivity index (χ1) is 11.5. The van der Waals surface area contributed by atoms with Gasteiger partial charge in [-0.3, -0.25) is 0 Å². The summed E-state index contributed by atoms with van der Waals surface area (Å²) in [5.41, 5.74) is 16.4. The third kappa shape index (κ3) is 1.07. The molecule has 0 N–H and O–H groups in total. The van der Waals surface area contributed by atoms with Crippen LogP contribution < -0.4 is 0 Å².